The van der Waals surface area contributed by atoms with Crippen molar-refractivity contribution in [3.8, 4) is 11.5 Å². The van der Waals surface area contributed by atoms with Crippen molar-refractivity contribution < 1.29 is 19.0 Å². The summed E-state index contributed by atoms with van der Waals surface area (Å²) in [6.07, 6.45) is 0. The summed E-state index contributed by atoms with van der Waals surface area (Å²) in [4.78, 5) is 11.1. The van der Waals surface area contributed by atoms with Crippen LogP contribution >= 0.6 is 23.2 Å². The molecule has 0 aliphatic heterocycles. The molecule has 0 aliphatic rings. The fourth-order valence-electron chi connectivity index (χ4n) is 1.59. The van der Waals surface area contributed by atoms with E-state index in [1.165, 1.54) is 24.3 Å². The van der Waals surface area contributed by atoms with Crippen LogP contribution in [-0.4, -0.2) is 11.1 Å². The standard InChI is InChI=1S/C13H8Cl2FNO3/c14-6-3-7(15)5-8(4-6)20-10-2-1-9(16)12(17)11(10)13(18)19/h1-5H,17H2,(H,18,19). The van der Waals surface area contributed by atoms with Crippen LogP contribution in [0.4, 0.5) is 10.1 Å². The van der Waals surface area contributed by atoms with Gasteiger partial charge >= 0.3 is 5.97 Å². The molecule has 2 aromatic rings. The van der Waals surface area contributed by atoms with Crippen LogP contribution in [-0.2, 0) is 0 Å². The first-order valence-corrected chi connectivity index (χ1v) is 6.09. The summed E-state index contributed by atoms with van der Waals surface area (Å²) < 4.78 is 18.7. The number of nitrogens with two attached hydrogens (primary N) is 1. The lowest BCUT2D eigenvalue weighted by Gasteiger charge is -2.11. The van der Waals surface area contributed by atoms with E-state index < -0.39 is 23.0 Å². The zero-order chi connectivity index (χ0) is 14.9. The van der Waals surface area contributed by atoms with Gasteiger partial charge in [-0.15, -0.1) is 0 Å². The molecule has 0 atom stereocenters. The van der Waals surface area contributed by atoms with Gasteiger partial charge in [-0.25, -0.2) is 9.18 Å². The Bertz CT molecular complexity index is 671. The predicted octanol–water partition coefficient (Wildman–Crippen LogP) is 4.21. The molecule has 0 bridgehead atoms. The number of benzene rings is 2. The van der Waals surface area contributed by atoms with Gasteiger partial charge in [0.2, 0.25) is 0 Å². The molecule has 0 amide bonds. The summed E-state index contributed by atoms with van der Waals surface area (Å²) in [7, 11) is 0. The van der Waals surface area contributed by atoms with Crippen molar-refractivity contribution in [3.05, 3.63) is 51.8 Å². The van der Waals surface area contributed by atoms with E-state index in [2.05, 4.69) is 0 Å². The summed E-state index contributed by atoms with van der Waals surface area (Å²) in [6, 6.07) is 6.57. The number of nitrogen functional groups attached to an aromatic ring is 1. The molecule has 0 heterocycles. The van der Waals surface area contributed by atoms with Crippen LogP contribution in [0.15, 0.2) is 30.3 Å². The first-order chi connectivity index (χ1) is 9.38. The van der Waals surface area contributed by atoms with E-state index in [4.69, 9.17) is 38.8 Å². The largest absolute Gasteiger partial charge is 0.477 e. The lowest BCUT2D eigenvalue weighted by Crippen LogP contribution is -2.07. The van der Waals surface area contributed by atoms with Gasteiger partial charge in [-0.05, 0) is 30.3 Å². The lowest BCUT2D eigenvalue weighted by atomic mass is 10.1. The van der Waals surface area contributed by atoms with Crippen molar-refractivity contribution in [2.45, 2.75) is 0 Å². The van der Waals surface area contributed by atoms with Crippen LogP contribution in [0, 0.1) is 5.82 Å². The third kappa shape index (κ3) is 2.95. The SMILES string of the molecule is Nc1c(F)ccc(Oc2cc(Cl)cc(Cl)c2)c1C(=O)O. The number of carbonyl (C=O) groups is 1. The van der Waals surface area contributed by atoms with Crippen LogP contribution in [0.5, 0.6) is 11.5 Å². The smallest absolute Gasteiger partial charge is 0.341 e. The molecule has 0 spiro atoms. The topological polar surface area (TPSA) is 72.5 Å². The Morgan fingerprint density at radius 3 is 2.35 bits per heavy atom. The van der Waals surface area contributed by atoms with E-state index in [9.17, 15) is 9.18 Å². The number of hydrogen-bond donors (Lipinski definition) is 2. The maximum atomic E-state index is 13.3. The van der Waals surface area contributed by atoms with Gasteiger partial charge in [0, 0.05) is 10.0 Å². The van der Waals surface area contributed by atoms with Crippen molar-refractivity contribution in [2.75, 3.05) is 5.73 Å². The van der Waals surface area contributed by atoms with Crippen LogP contribution in [0.3, 0.4) is 0 Å². The molecule has 7 heteroatoms. The molecular weight excluding hydrogens is 308 g/mol. The summed E-state index contributed by atoms with van der Waals surface area (Å²) in [5.41, 5.74) is 4.46. The second-order valence-corrected chi connectivity index (χ2v) is 4.72. The molecule has 2 rings (SSSR count). The minimum atomic E-state index is -1.40. The number of hydrogen-bond acceptors (Lipinski definition) is 3. The van der Waals surface area contributed by atoms with Crippen molar-refractivity contribution >= 4 is 34.9 Å². The normalized spacial score (nSPS) is 10.3. The Morgan fingerprint density at radius 1 is 1.20 bits per heavy atom. The monoisotopic (exact) mass is 315 g/mol. The Balaban J connectivity index is 2.48. The van der Waals surface area contributed by atoms with E-state index >= 15 is 0 Å². The number of rotatable bonds is 3. The number of carboxylic acids is 1. The lowest BCUT2D eigenvalue weighted by molar-refractivity contribution is 0.0695. The molecular formula is C13H8Cl2FNO3. The maximum absolute atomic E-state index is 13.3. The van der Waals surface area contributed by atoms with Gasteiger partial charge in [-0.1, -0.05) is 23.2 Å². The second-order valence-electron chi connectivity index (χ2n) is 3.85. The van der Waals surface area contributed by atoms with Crippen LogP contribution in [0.1, 0.15) is 10.4 Å². The first-order valence-electron chi connectivity index (χ1n) is 5.33. The molecule has 20 heavy (non-hydrogen) atoms. The summed E-state index contributed by atoms with van der Waals surface area (Å²) in [6.45, 7) is 0. The van der Waals surface area contributed by atoms with Crippen LogP contribution in [0.2, 0.25) is 10.0 Å². The minimum Gasteiger partial charge on any atom is -0.477 e. The minimum absolute atomic E-state index is 0.102. The zero-order valence-electron chi connectivity index (χ0n) is 9.86. The molecule has 4 nitrogen and oxygen atoms in total. The number of anilines is 1. The Hall–Kier alpha value is -1.98. The highest BCUT2D eigenvalue weighted by molar-refractivity contribution is 6.34. The molecule has 0 saturated heterocycles. The summed E-state index contributed by atoms with van der Waals surface area (Å²) >= 11 is 11.6. The highest BCUT2D eigenvalue weighted by Crippen LogP contribution is 2.33. The number of ether oxygens (including phenoxy) is 1. The third-order valence-electron chi connectivity index (χ3n) is 2.43. The Labute approximate surface area is 123 Å². The second kappa shape index (κ2) is 5.56. The first kappa shape index (κ1) is 14.4. The van der Waals surface area contributed by atoms with Gasteiger partial charge in [0.15, 0.2) is 0 Å². The average molecular weight is 316 g/mol. The van der Waals surface area contributed by atoms with Crippen molar-refractivity contribution in [3.63, 3.8) is 0 Å². The molecule has 3 N–H and O–H groups in total. The number of aromatic carboxylic acids is 1. The van der Waals surface area contributed by atoms with Gasteiger partial charge < -0.3 is 15.6 Å². The number of halogens is 3. The van der Waals surface area contributed by atoms with E-state index in [-0.39, 0.29) is 11.5 Å². The van der Waals surface area contributed by atoms with Crippen molar-refractivity contribution in [1.82, 2.24) is 0 Å². The molecule has 0 radical (unpaired) electrons. The van der Waals surface area contributed by atoms with E-state index in [1.54, 1.807) is 0 Å². The third-order valence-corrected chi connectivity index (χ3v) is 2.87. The van der Waals surface area contributed by atoms with Gasteiger partial charge in [-0.3, -0.25) is 0 Å². The molecule has 0 fully saturated rings. The molecule has 0 aliphatic carbocycles. The molecule has 0 unspecified atom stereocenters. The highest BCUT2D eigenvalue weighted by Gasteiger charge is 2.19. The summed E-state index contributed by atoms with van der Waals surface area (Å²) in [5.74, 6) is -2.12. The zero-order valence-corrected chi connectivity index (χ0v) is 11.4. The van der Waals surface area contributed by atoms with E-state index in [0.717, 1.165) is 6.07 Å². The van der Waals surface area contributed by atoms with Crippen LogP contribution < -0.4 is 10.5 Å². The van der Waals surface area contributed by atoms with E-state index in [0.29, 0.717) is 10.0 Å². The Kier molecular flexibility index (Phi) is 4.01. The summed E-state index contributed by atoms with van der Waals surface area (Å²) in [5, 5.41) is 9.72. The molecule has 0 aromatic heterocycles. The van der Waals surface area contributed by atoms with Gasteiger partial charge in [0.1, 0.15) is 22.9 Å². The maximum Gasteiger partial charge on any atom is 0.341 e. The highest BCUT2D eigenvalue weighted by atomic mass is 35.5. The van der Waals surface area contributed by atoms with Crippen LogP contribution in [0.25, 0.3) is 0 Å². The Morgan fingerprint density at radius 2 is 1.80 bits per heavy atom. The molecule has 2 aromatic carbocycles. The van der Waals surface area contributed by atoms with Gasteiger partial charge in [0.25, 0.3) is 0 Å². The average Bonchev–Trinajstić information content (AvgIpc) is 2.32. The fourth-order valence-corrected chi connectivity index (χ4v) is 2.10. The number of carboxylic acid groups (broad SMARTS) is 1. The van der Waals surface area contributed by atoms with Gasteiger partial charge in [0.05, 0.1) is 5.69 Å². The van der Waals surface area contributed by atoms with Crippen molar-refractivity contribution in [1.29, 1.82) is 0 Å². The quantitative estimate of drug-likeness (QED) is 0.832. The van der Waals surface area contributed by atoms with Gasteiger partial charge in [-0.2, -0.15) is 0 Å². The molecule has 104 valence electrons. The molecule has 0 saturated carbocycles. The fraction of sp³-hybridized carbons (Fsp3) is 0. The predicted molar refractivity (Wildman–Crippen MR) is 74.3 cm³/mol. The van der Waals surface area contributed by atoms with Crippen molar-refractivity contribution in [2.24, 2.45) is 0 Å². The van der Waals surface area contributed by atoms with E-state index in [1.807, 2.05) is 0 Å².